The third-order valence-electron chi connectivity index (χ3n) is 2.33. The van der Waals surface area contributed by atoms with Gasteiger partial charge in [-0.3, -0.25) is 4.79 Å². The van der Waals surface area contributed by atoms with Crippen LogP contribution in [-0.4, -0.2) is 22.0 Å². The average molecular weight is 321 g/mol. The van der Waals surface area contributed by atoms with Gasteiger partial charge in [-0.1, -0.05) is 18.2 Å². The number of rotatable bonds is 3. The molecule has 0 saturated heterocycles. The van der Waals surface area contributed by atoms with Gasteiger partial charge in [0.05, 0.1) is 5.56 Å². The molecule has 0 spiro atoms. The van der Waals surface area contributed by atoms with E-state index in [9.17, 15) is 9.59 Å². The van der Waals surface area contributed by atoms with Crippen LogP contribution < -0.4 is 5.32 Å². The Balaban J connectivity index is 2.22. The van der Waals surface area contributed by atoms with Gasteiger partial charge in [-0.05, 0) is 40.2 Å². The minimum atomic E-state index is -1.14. The number of halogens is 1. The smallest absolute Gasteiger partial charge is 0.354 e. The van der Waals surface area contributed by atoms with Crippen LogP contribution in [-0.2, 0) is 0 Å². The summed E-state index contributed by atoms with van der Waals surface area (Å²) in [7, 11) is 0. The van der Waals surface area contributed by atoms with Crippen LogP contribution in [0.4, 0.5) is 5.82 Å². The number of anilines is 1. The molecule has 0 aliphatic rings. The molecule has 1 heterocycles. The largest absolute Gasteiger partial charge is 0.477 e. The number of aromatic nitrogens is 1. The van der Waals surface area contributed by atoms with Crippen molar-refractivity contribution >= 4 is 33.6 Å². The van der Waals surface area contributed by atoms with Gasteiger partial charge in [-0.15, -0.1) is 0 Å². The Hall–Kier alpha value is -2.21. The van der Waals surface area contributed by atoms with Crippen molar-refractivity contribution in [3.63, 3.8) is 0 Å². The zero-order chi connectivity index (χ0) is 13.8. The summed E-state index contributed by atoms with van der Waals surface area (Å²) in [6, 6.07) is 11.3. The molecule has 1 amide bonds. The maximum atomic E-state index is 12.0. The van der Waals surface area contributed by atoms with Crippen molar-refractivity contribution < 1.29 is 14.7 Å². The monoisotopic (exact) mass is 320 g/mol. The molecule has 0 unspecified atom stereocenters. The Morgan fingerprint density at radius 3 is 2.53 bits per heavy atom. The van der Waals surface area contributed by atoms with Crippen LogP contribution in [0.3, 0.4) is 0 Å². The molecule has 19 heavy (non-hydrogen) atoms. The second-order valence-corrected chi connectivity index (χ2v) is 4.50. The number of carbonyl (C=O) groups excluding carboxylic acids is 1. The van der Waals surface area contributed by atoms with Crippen LogP contribution in [0.25, 0.3) is 0 Å². The molecule has 5 nitrogen and oxygen atoms in total. The first-order valence-electron chi connectivity index (χ1n) is 5.34. The summed E-state index contributed by atoms with van der Waals surface area (Å²) in [5.41, 5.74) is 0.329. The molecule has 0 aliphatic carbocycles. The van der Waals surface area contributed by atoms with E-state index < -0.39 is 5.97 Å². The lowest BCUT2D eigenvalue weighted by atomic mass is 10.2. The maximum absolute atomic E-state index is 12.0. The number of carboxylic acids is 1. The Morgan fingerprint density at radius 2 is 1.84 bits per heavy atom. The molecule has 0 atom stereocenters. The highest BCUT2D eigenvalue weighted by molar-refractivity contribution is 9.10. The minimum absolute atomic E-state index is 0.120. The van der Waals surface area contributed by atoms with Crippen molar-refractivity contribution in [2.75, 3.05) is 5.32 Å². The fraction of sp³-hybridized carbons (Fsp3) is 0. The van der Waals surface area contributed by atoms with Crippen molar-refractivity contribution in [2.24, 2.45) is 0 Å². The van der Waals surface area contributed by atoms with E-state index in [1.54, 1.807) is 24.3 Å². The van der Waals surface area contributed by atoms with Crippen LogP contribution in [0.2, 0.25) is 0 Å². The van der Waals surface area contributed by atoms with Crippen molar-refractivity contribution in [3.05, 3.63) is 58.2 Å². The molecule has 0 fully saturated rings. The summed E-state index contributed by atoms with van der Waals surface area (Å²) in [5, 5.41) is 11.4. The third kappa shape index (κ3) is 3.17. The van der Waals surface area contributed by atoms with E-state index in [1.165, 1.54) is 18.2 Å². The summed E-state index contributed by atoms with van der Waals surface area (Å²) in [4.78, 5) is 26.6. The molecule has 0 saturated carbocycles. The number of nitrogens with zero attached hydrogens (tertiary/aromatic N) is 1. The molecular weight excluding hydrogens is 312 g/mol. The number of carbonyl (C=O) groups is 2. The minimum Gasteiger partial charge on any atom is -0.477 e. The normalized spacial score (nSPS) is 9.95. The van der Waals surface area contributed by atoms with E-state index in [4.69, 9.17) is 5.11 Å². The van der Waals surface area contributed by atoms with Crippen LogP contribution in [0.1, 0.15) is 20.8 Å². The molecule has 0 bridgehead atoms. The molecule has 2 N–H and O–H groups in total. The van der Waals surface area contributed by atoms with E-state index in [-0.39, 0.29) is 17.4 Å². The lowest BCUT2D eigenvalue weighted by molar-refractivity contribution is 0.0690. The summed E-state index contributed by atoms with van der Waals surface area (Å²) in [6.45, 7) is 0. The zero-order valence-corrected chi connectivity index (χ0v) is 11.2. The number of hydrogen-bond acceptors (Lipinski definition) is 3. The number of carboxylic acid groups (broad SMARTS) is 1. The lowest BCUT2D eigenvalue weighted by Crippen LogP contribution is -2.14. The molecule has 0 aliphatic heterocycles. The second-order valence-electron chi connectivity index (χ2n) is 3.65. The number of hydrogen-bond donors (Lipinski definition) is 2. The predicted molar refractivity (Wildman–Crippen MR) is 73.3 cm³/mol. The van der Waals surface area contributed by atoms with Crippen LogP contribution in [0, 0.1) is 0 Å². The van der Waals surface area contributed by atoms with Crippen LogP contribution in [0.5, 0.6) is 0 Å². The third-order valence-corrected chi connectivity index (χ3v) is 3.02. The van der Waals surface area contributed by atoms with Crippen molar-refractivity contribution in [3.8, 4) is 0 Å². The Morgan fingerprint density at radius 1 is 1.11 bits per heavy atom. The summed E-state index contributed by atoms with van der Waals surface area (Å²) < 4.78 is 0.655. The van der Waals surface area contributed by atoms with E-state index >= 15 is 0 Å². The lowest BCUT2D eigenvalue weighted by Gasteiger charge is -2.06. The summed E-state index contributed by atoms with van der Waals surface area (Å²) >= 11 is 3.27. The standard InChI is InChI=1S/C13H9BrN2O3/c14-9-5-2-1-4-8(9)12(17)16-11-7-3-6-10(15-11)13(18)19/h1-7H,(H,18,19)(H,15,16,17). The topological polar surface area (TPSA) is 79.3 Å². The summed E-state index contributed by atoms with van der Waals surface area (Å²) in [6.07, 6.45) is 0. The van der Waals surface area contributed by atoms with Gasteiger partial charge in [0.1, 0.15) is 5.82 Å². The highest BCUT2D eigenvalue weighted by Gasteiger charge is 2.11. The quantitative estimate of drug-likeness (QED) is 0.911. The van der Waals surface area contributed by atoms with Crippen LogP contribution in [0.15, 0.2) is 46.9 Å². The van der Waals surface area contributed by atoms with Gasteiger partial charge in [-0.25, -0.2) is 9.78 Å². The first-order valence-corrected chi connectivity index (χ1v) is 6.13. The summed E-state index contributed by atoms with van der Waals surface area (Å²) in [5.74, 6) is -1.31. The Bertz CT molecular complexity index is 643. The van der Waals surface area contributed by atoms with Gasteiger partial charge in [0.2, 0.25) is 0 Å². The van der Waals surface area contributed by atoms with Crippen molar-refractivity contribution in [1.29, 1.82) is 0 Å². The van der Waals surface area contributed by atoms with Gasteiger partial charge in [0.15, 0.2) is 5.69 Å². The van der Waals surface area contributed by atoms with E-state index in [0.717, 1.165) is 0 Å². The number of benzene rings is 1. The predicted octanol–water partition coefficient (Wildman–Crippen LogP) is 2.79. The first kappa shape index (κ1) is 13.2. The molecule has 96 valence electrons. The van der Waals surface area contributed by atoms with Gasteiger partial charge in [-0.2, -0.15) is 0 Å². The zero-order valence-electron chi connectivity index (χ0n) is 9.63. The Kier molecular flexibility index (Phi) is 3.91. The van der Waals surface area contributed by atoms with Gasteiger partial charge >= 0.3 is 5.97 Å². The number of aromatic carboxylic acids is 1. The molecule has 2 rings (SSSR count). The highest BCUT2D eigenvalue weighted by atomic mass is 79.9. The second kappa shape index (κ2) is 5.62. The number of pyridine rings is 1. The molecule has 6 heteroatoms. The molecule has 2 aromatic rings. The highest BCUT2D eigenvalue weighted by Crippen LogP contribution is 2.17. The number of amides is 1. The van der Waals surface area contributed by atoms with E-state index in [1.807, 2.05) is 0 Å². The van der Waals surface area contributed by atoms with Gasteiger partial charge < -0.3 is 10.4 Å². The van der Waals surface area contributed by atoms with Crippen molar-refractivity contribution in [1.82, 2.24) is 4.98 Å². The fourth-order valence-electron chi connectivity index (χ4n) is 1.45. The maximum Gasteiger partial charge on any atom is 0.354 e. The molecule has 0 radical (unpaired) electrons. The average Bonchev–Trinajstić information content (AvgIpc) is 2.39. The van der Waals surface area contributed by atoms with Crippen molar-refractivity contribution in [2.45, 2.75) is 0 Å². The van der Waals surface area contributed by atoms with Gasteiger partial charge in [0, 0.05) is 4.47 Å². The Labute approximate surface area is 117 Å². The van der Waals surface area contributed by atoms with Crippen LogP contribution >= 0.6 is 15.9 Å². The van der Waals surface area contributed by atoms with E-state index in [0.29, 0.717) is 10.0 Å². The molecule has 1 aromatic carbocycles. The molecule has 1 aromatic heterocycles. The van der Waals surface area contributed by atoms with Gasteiger partial charge in [0.25, 0.3) is 5.91 Å². The first-order chi connectivity index (χ1) is 9.08. The number of nitrogens with one attached hydrogen (secondary N) is 1. The SMILES string of the molecule is O=C(O)c1cccc(NC(=O)c2ccccc2Br)n1. The van der Waals surface area contributed by atoms with E-state index in [2.05, 4.69) is 26.2 Å². The molecular formula is C13H9BrN2O3. The fourth-order valence-corrected chi connectivity index (χ4v) is 1.92.